The van der Waals surface area contributed by atoms with E-state index < -0.39 is 0 Å². The van der Waals surface area contributed by atoms with Gasteiger partial charge in [-0.05, 0) is 50.3 Å². The molecule has 6 nitrogen and oxygen atoms in total. The van der Waals surface area contributed by atoms with Gasteiger partial charge in [-0.2, -0.15) is 0 Å². The molecule has 2 rings (SSSR count). The van der Waals surface area contributed by atoms with Gasteiger partial charge in [0.05, 0.1) is 13.2 Å². The van der Waals surface area contributed by atoms with Gasteiger partial charge >= 0.3 is 6.03 Å². The van der Waals surface area contributed by atoms with Crippen LogP contribution >= 0.6 is 0 Å². The van der Waals surface area contributed by atoms with Gasteiger partial charge in [0.15, 0.2) is 0 Å². The molecule has 0 spiro atoms. The number of pyridine rings is 1. The van der Waals surface area contributed by atoms with Crippen molar-refractivity contribution in [2.24, 2.45) is 0 Å². The predicted octanol–water partition coefficient (Wildman–Crippen LogP) is 2.82. The van der Waals surface area contributed by atoms with Crippen molar-refractivity contribution in [1.29, 1.82) is 0 Å². The van der Waals surface area contributed by atoms with Crippen molar-refractivity contribution in [3.8, 4) is 5.75 Å². The number of nitrogens with zero attached hydrogens (tertiary/aromatic N) is 2. The number of amides is 2. The first kappa shape index (κ1) is 17.7. The van der Waals surface area contributed by atoms with Gasteiger partial charge < -0.3 is 20.3 Å². The lowest BCUT2D eigenvalue weighted by molar-refractivity contribution is 0.243. The third-order valence-corrected chi connectivity index (χ3v) is 3.83. The molecule has 0 aliphatic heterocycles. The average molecular weight is 328 g/mol. The fourth-order valence-corrected chi connectivity index (χ4v) is 2.42. The van der Waals surface area contributed by atoms with E-state index in [2.05, 4.69) is 20.5 Å². The normalized spacial score (nSPS) is 11.9. The molecule has 0 aliphatic rings. The minimum Gasteiger partial charge on any atom is -0.497 e. The van der Waals surface area contributed by atoms with E-state index in [1.54, 1.807) is 25.6 Å². The number of nitrogens with one attached hydrogen (secondary N) is 2. The Bertz CT molecular complexity index is 688. The van der Waals surface area contributed by atoms with Crippen molar-refractivity contribution in [2.75, 3.05) is 33.1 Å². The molecule has 0 radical (unpaired) electrons. The Morgan fingerprint density at radius 2 is 2.12 bits per heavy atom. The molecule has 1 aromatic heterocycles. The summed E-state index contributed by atoms with van der Waals surface area (Å²) >= 11 is 0. The van der Waals surface area contributed by atoms with Crippen molar-refractivity contribution < 1.29 is 9.53 Å². The van der Waals surface area contributed by atoms with E-state index in [0.29, 0.717) is 6.54 Å². The number of hydrogen-bond donors (Lipinski definition) is 2. The standard InChI is InChI=1S/C18H24N4O2/c1-13-11-19-9-8-16(13)21-18(23)20-12-17(22(2)3)14-6-5-7-15(10-14)24-4/h5-11,17H,12H2,1-4H3,(H2,19,20,21,23). The third kappa shape index (κ3) is 4.70. The second-order valence-electron chi connectivity index (χ2n) is 5.78. The summed E-state index contributed by atoms with van der Waals surface area (Å²) in [5.41, 5.74) is 2.76. The van der Waals surface area contributed by atoms with Crippen molar-refractivity contribution in [1.82, 2.24) is 15.2 Å². The number of aryl methyl sites for hydroxylation is 1. The number of methoxy groups -OCH3 is 1. The molecule has 1 unspecified atom stereocenters. The summed E-state index contributed by atoms with van der Waals surface area (Å²) in [6.07, 6.45) is 3.37. The van der Waals surface area contributed by atoms with Crippen molar-refractivity contribution in [2.45, 2.75) is 13.0 Å². The van der Waals surface area contributed by atoms with Gasteiger partial charge in [0, 0.05) is 24.6 Å². The summed E-state index contributed by atoms with van der Waals surface area (Å²) in [4.78, 5) is 18.2. The second kappa shape index (κ2) is 8.31. The maximum absolute atomic E-state index is 12.2. The smallest absolute Gasteiger partial charge is 0.319 e. The lowest BCUT2D eigenvalue weighted by atomic mass is 10.1. The molecule has 0 saturated heterocycles. The number of carbonyl (C=O) groups excluding carboxylic acids is 1. The van der Waals surface area contributed by atoms with Crippen LogP contribution in [0.15, 0.2) is 42.7 Å². The Hall–Kier alpha value is -2.60. The highest BCUT2D eigenvalue weighted by Gasteiger charge is 2.16. The summed E-state index contributed by atoms with van der Waals surface area (Å²) in [5.74, 6) is 0.802. The maximum Gasteiger partial charge on any atom is 0.319 e. The molecule has 24 heavy (non-hydrogen) atoms. The monoisotopic (exact) mass is 328 g/mol. The summed E-state index contributed by atoms with van der Waals surface area (Å²) in [6.45, 7) is 2.39. The first-order chi connectivity index (χ1) is 11.5. The molecule has 128 valence electrons. The van der Waals surface area contributed by atoms with Crippen LogP contribution in [0.3, 0.4) is 0 Å². The number of benzene rings is 1. The number of rotatable bonds is 6. The number of likely N-dealkylation sites (N-methyl/N-ethyl adjacent to an activating group) is 1. The van der Waals surface area contributed by atoms with E-state index in [4.69, 9.17) is 4.74 Å². The van der Waals surface area contributed by atoms with Crippen LogP contribution < -0.4 is 15.4 Å². The van der Waals surface area contributed by atoms with Crippen LogP contribution in [0.1, 0.15) is 17.2 Å². The zero-order chi connectivity index (χ0) is 17.5. The van der Waals surface area contributed by atoms with E-state index in [0.717, 1.165) is 22.6 Å². The van der Waals surface area contributed by atoms with Crippen LogP contribution in [0.4, 0.5) is 10.5 Å². The Balaban J connectivity index is 2.01. The molecule has 2 aromatic rings. The lowest BCUT2D eigenvalue weighted by Gasteiger charge is -2.25. The molecule has 2 amide bonds. The molecule has 1 aromatic carbocycles. The Kier molecular flexibility index (Phi) is 6.14. The minimum atomic E-state index is -0.237. The minimum absolute atomic E-state index is 0.0457. The van der Waals surface area contributed by atoms with E-state index in [1.165, 1.54) is 0 Å². The molecule has 6 heteroatoms. The molecule has 0 bridgehead atoms. The fraction of sp³-hybridized carbons (Fsp3) is 0.333. The number of ether oxygens (including phenoxy) is 1. The van der Waals surface area contributed by atoms with Crippen molar-refractivity contribution in [3.05, 3.63) is 53.9 Å². The summed E-state index contributed by atoms with van der Waals surface area (Å²) in [7, 11) is 5.61. The van der Waals surface area contributed by atoms with Crippen LogP contribution in [0.25, 0.3) is 0 Å². The third-order valence-electron chi connectivity index (χ3n) is 3.83. The van der Waals surface area contributed by atoms with Crippen LogP contribution in [0.2, 0.25) is 0 Å². The number of aromatic nitrogens is 1. The SMILES string of the molecule is COc1cccc(C(CNC(=O)Nc2ccncc2C)N(C)C)c1. The van der Waals surface area contributed by atoms with Gasteiger partial charge in [0.2, 0.25) is 0 Å². The van der Waals surface area contributed by atoms with Crippen molar-refractivity contribution in [3.63, 3.8) is 0 Å². The summed E-state index contributed by atoms with van der Waals surface area (Å²) in [6, 6.07) is 9.45. The second-order valence-corrected chi connectivity index (χ2v) is 5.78. The van der Waals surface area contributed by atoms with E-state index in [9.17, 15) is 4.79 Å². The molecule has 1 atom stereocenters. The Morgan fingerprint density at radius 1 is 1.33 bits per heavy atom. The number of urea groups is 1. The molecule has 2 N–H and O–H groups in total. The zero-order valence-corrected chi connectivity index (χ0v) is 14.5. The van der Waals surface area contributed by atoms with Crippen LogP contribution in [-0.2, 0) is 0 Å². The van der Waals surface area contributed by atoms with Crippen LogP contribution in [0, 0.1) is 6.92 Å². The first-order valence-electron chi connectivity index (χ1n) is 7.77. The average Bonchev–Trinajstić information content (AvgIpc) is 2.57. The number of hydrogen-bond acceptors (Lipinski definition) is 4. The van der Waals surface area contributed by atoms with Gasteiger partial charge in [0.1, 0.15) is 5.75 Å². The van der Waals surface area contributed by atoms with Crippen LogP contribution in [-0.4, -0.2) is 43.7 Å². The van der Waals surface area contributed by atoms with Gasteiger partial charge in [0.25, 0.3) is 0 Å². The molecular weight excluding hydrogens is 304 g/mol. The van der Waals surface area contributed by atoms with Crippen molar-refractivity contribution >= 4 is 11.7 Å². The molecular formula is C18H24N4O2. The van der Waals surface area contributed by atoms with E-state index in [1.807, 2.05) is 45.3 Å². The Morgan fingerprint density at radius 3 is 2.79 bits per heavy atom. The first-order valence-corrected chi connectivity index (χ1v) is 7.77. The molecule has 0 saturated carbocycles. The highest BCUT2D eigenvalue weighted by molar-refractivity contribution is 5.89. The molecule has 0 fully saturated rings. The summed E-state index contributed by atoms with van der Waals surface area (Å²) in [5, 5.41) is 5.77. The maximum atomic E-state index is 12.2. The fourth-order valence-electron chi connectivity index (χ4n) is 2.42. The van der Waals surface area contributed by atoms with Gasteiger partial charge in [-0.3, -0.25) is 4.98 Å². The quantitative estimate of drug-likeness (QED) is 0.856. The largest absolute Gasteiger partial charge is 0.497 e. The zero-order valence-electron chi connectivity index (χ0n) is 14.5. The predicted molar refractivity (Wildman–Crippen MR) is 95.4 cm³/mol. The highest BCUT2D eigenvalue weighted by Crippen LogP contribution is 2.22. The number of anilines is 1. The highest BCUT2D eigenvalue weighted by atomic mass is 16.5. The topological polar surface area (TPSA) is 66.5 Å². The van der Waals surface area contributed by atoms with Gasteiger partial charge in [-0.15, -0.1) is 0 Å². The van der Waals surface area contributed by atoms with Gasteiger partial charge in [-0.25, -0.2) is 4.79 Å². The van der Waals surface area contributed by atoms with Gasteiger partial charge in [-0.1, -0.05) is 12.1 Å². The summed E-state index contributed by atoms with van der Waals surface area (Å²) < 4.78 is 5.28. The Labute approximate surface area is 142 Å². The molecule has 1 heterocycles. The van der Waals surface area contributed by atoms with Crippen LogP contribution in [0.5, 0.6) is 5.75 Å². The lowest BCUT2D eigenvalue weighted by Crippen LogP contribution is -2.37. The molecule has 0 aliphatic carbocycles. The number of carbonyl (C=O) groups is 1. The van der Waals surface area contributed by atoms with E-state index >= 15 is 0 Å². The van der Waals surface area contributed by atoms with E-state index in [-0.39, 0.29) is 12.1 Å².